The van der Waals surface area contributed by atoms with Crippen molar-refractivity contribution >= 4 is 10.9 Å². The van der Waals surface area contributed by atoms with Gasteiger partial charge in [0.25, 0.3) is 0 Å². The zero-order valence-electron chi connectivity index (χ0n) is 10.2. The summed E-state index contributed by atoms with van der Waals surface area (Å²) in [6.07, 6.45) is 2.96. The third-order valence-electron chi connectivity index (χ3n) is 3.25. The second kappa shape index (κ2) is 4.31. The fraction of sp³-hybridized carbons (Fsp3) is 0.214. The van der Waals surface area contributed by atoms with Crippen molar-refractivity contribution in [2.75, 3.05) is 0 Å². The molecule has 18 heavy (non-hydrogen) atoms. The number of nitrogens with one attached hydrogen (secondary N) is 1. The average molecular weight is 241 g/mol. The van der Waals surface area contributed by atoms with Crippen molar-refractivity contribution in [2.24, 2.45) is 0 Å². The van der Waals surface area contributed by atoms with E-state index in [4.69, 9.17) is 0 Å². The zero-order valence-corrected chi connectivity index (χ0v) is 10.2. The molecular weight excluding hydrogens is 226 g/mol. The van der Waals surface area contributed by atoms with E-state index in [1.165, 1.54) is 0 Å². The van der Waals surface area contributed by atoms with Gasteiger partial charge in [0.1, 0.15) is 6.10 Å². The predicted octanol–water partition coefficient (Wildman–Crippen LogP) is 2.47. The fourth-order valence-electron chi connectivity index (χ4n) is 2.35. The van der Waals surface area contributed by atoms with Gasteiger partial charge in [-0.1, -0.05) is 12.1 Å². The summed E-state index contributed by atoms with van der Waals surface area (Å²) in [5.74, 6) is 0. The fourth-order valence-corrected chi connectivity index (χ4v) is 2.35. The third-order valence-corrected chi connectivity index (χ3v) is 3.25. The molecule has 0 bridgehead atoms. The van der Waals surface area contributed by atoms with Crippen LogP contribution in [-0.4, -0.2) is 19.9 Å². The molecule has 0 aliphatic carbocycles. The summed E-state index contributed by atoms with van der Waals surface area (Å²) in [5.41, 5.74) is 2.77. The van der Waals surface area contributed by atoms with Gasteiger partial charge in [-0.2, -0.15) is 5.10 Å². The van der Waals surface area contributed by atoms with Crippen molar-refractivity contribution < 1.29 is 5.11 Å². The van der Waals surface area contributed by atoms with Crippen LogP contribution < -0.4 is 0 Å². The number of aryl methyl sites for hydroxylation is 1. The number of aromatic amines is 1. The Morgan fingerprint density at radius 2 is 2.22 bits per heavy atom. The van der Waals surface area contributed by atoms with Gasteiger partial charge < -0.3 is 10.1 Å². The topological polar surface area (TPSA) is 53.8 Å². The third kappa shape index (κ3) is 1.62. The van der Waals surface area contributed by atoms with Crippen molar-refractivity contribution in [1.29, 1.82) is 0 Å². The minimum atomic E-state index is -0.646. The van der Waals surface area contributed by atoms with E-state index in [1.54, 1.807) is 6.20 Å². The van der Waals surface area contributed by atoms with Gasteiger partial charge in [0.2, 0.25) is 0 Å². The van der Waals surface area contributed by atoms with Crippen molar-refractivity contribution in [2.45, 2.75) is 19.6 Å². The molecule has 0 aliphatic heterocycles. The maximum atomic E-state index is 10.5. The van der Waals surface area contributed by atoms with Gasteiger partial charge >= 0.3 is 0 Å². The van der Waals surface area contributed by atoms with Gasteiger partial charge in [-0.15, -0.1) is 0 Å². The largest absolute Gasteiger partial charge is 0.382 e. The number of H-pyrrole nitrogens is 1. The molecule has 92 valence electrons. The molecule has 2 N–H and O–H groups in total. The van der Waals surface area contributed by atoms with Crippen LogP contribution in [0.2, 0.25) is 0 Å². The Kier molecular flexibility index (Phi) is 2.64. The van der Waals surface area contributed by atoms with Crippen LogP contribution in [0.4, 0.5) is 0 Å². The Balaban J connectivity index is 2.12. The quantitative estimate of drug-likeness (QED) is 0.740. The Bertz CT molecular complexity index is 668. The number of aromatic nitrogens is 3. The van der Waals surface area contributed by atoms with Crippen LogP contribution in [-0.2, 0) is 6.54 Å². The van der Waals surface area contributed by atoms with Gasteiger partial charge in [-0.05, 0) is 30.7 Å². The second-order valence-corrected chi connectivity index (χ2v) is 4.26. The first-order chi connectivity index (χ1) is 8.81. The summed E-state index contributed by atoms with van der Waals surface area (Å²) in [4.78, 5) is 3.16. The molecule has 0 aliphatic rings. The van der Waals surface area contributed by atoms with E-state index in [-0.39, 0.29) is 0 Å². The molecule has 1 aromatic carbocycles. The normalized spacial score (nSPS) is 13.0. The van der Waals surface area contributed by atoms with Crippen molar-refractivity contribution in [3.05, 3.63) is 54.0 Å². The molecule has 0 saturated heterocycles. The molecule has 4 heteroatoms. The Hall–Kier alpha value is -2.07. The van der Waals surface area contributed by atoms with Crippen LogP contribution >= 0.6 is 0 Å². The average Bonchev–Trinajstić information content (AvgIpc) is 3.05. The summed E-state index contributed by atoms with van der Waals surface area (Å²) in [7, 11) is 0. The maximum Gasteiger partial charge on any atom is 0.121 e. The monoisotopic (exact) mass is 241 g/mol. The highest BCUT2D eigenvalue weighted by molar-refractivity contribution is 5.83. The Morgan fingerprint density at radius 1 is 1.33 bits per heavy atom. The number of hydrogen-bond acceptors (Lipinski definition) is 2. The molecule has 1 unspecified atom stereocenters. The van der Waals surface area contributed by atoms with Gasteiger partial charge in [-0.25, -0.2) is 0 Å². The van der Waals surface area contributed by atoms with E-state index in [1.807, 2.05) is 48.1 Å². The van der Waals surface area contributed by atoms with Crippen LogP contribution in [0.25, 0.3) is 10.9 Å². The number of aliphatic hydroxyl groups excluding tert-OH is 1. The molecule has 0 saturated carbocycles. The smallest absolute Gasteiger partial charge is 0.121 e. The van der Waals surface area contributed by atoms with Crippen LogP contribution in [0.5, 0.6) is 0 Å². The minimum absolute atomic E-state index is 0.646. The van der Waals surface area contributed by atoms with Crippen molar-refractivity contribution in [1.82, 2.24) is 14.8 Å². The summed E-state index contributed by atoms with van der Waals surface area (Å²) >= 11 is 0. The molecule has 0 radical (unpaired) electrons. The van der Waals surface area contributed by atoms with Crippen LogP contribution in [0, 0.1) is 0 Å². The minimum Gasteiger partial charge on any atom is -0.382 e. The molecule has 3 aromatic rings. The number of fused-ring (bicyclic) bond motifs is 1. The van der Waals surface area contributed by atoms with Crippen LogP contribution in [0.3, 0.4) is 0 Å². The molecular formula is C14H15N3O. The molecule has 4 nitrogen and oxygen atoms in total. The van der Waals surface area contributed by atoms with Crippen molar-refractivity contribution in [3.63, 3.8) is 0 Å². The lowest BCUT2D eigenvalue weighted by atomic mass is 10.0. The first-order valence-electron chi connectivity index (χ1n) is 6.07. The molecule has 0 fully saturated rings. The summed E-state index contributed by atoms with van der Waals surface area (Å²) in [6, 6.07) is 9.75. The zero-order chi connectivity index (χ0) is 12.5. The van der Waals surface area contributed by atoms with E-state index in [0.717, 1.165) is 28.7 Å². The number of rotatable bonds is 3. The van der Waals surface area contributed by atoms with E-state index in [0.29, 0.717) is 0 Å². The van der Waals surface area contributed by atoms with Gasteiger partial charge in [0.05, 0.1) is 5.69 Å². The van der Waals surface area contributed by atoms with E-state index in [9.17, 15) is 5.11 Å². The lowest BCUT2D eigenvalue weighted by molar-refractivity contribution is 0.209. The second-order valence-electron chi connectivity index (χ2n) is 4.26. The highest BCUT2D eigenvalue weighted by Crippen LogP contribution is 2.28. The summed E-state index contributed by atoms with van der Waals surface area (Å²) in [6.45, 7) is 2.77. The van der Waals surface area contributed by atoms with Crippen molar-refractivity contribution in [3.8, 4) is 0 Å². The van der Waals surface area contributed by atoms with Crippen LogP contribution in [0.15, 0.2) is 42.7 Å². The van der Waals surface area contributed by atoms with E-state index < -0.39 is 6.10 Å². The molecule has 1 atom stereocenters. The van der Waals surface area contributed by atoms with E-state index >= 15 is 0 Å². The molecule has 2 aromatic heterocycles. The maximum absolute atomic E-state index is 10.5. The molecule has 0 amide bonds. The lowest BCUT2D eigenvalue weighted by Gasteiger charge is -2.13. The first-order valence-corrected chi connectivity index (χ1v) is 6.07. The first kappa shape index (κ1) is 11.0. The molecule has 0 spiro atoms. The predicted molar refractivity (Wildman–Crippen MR) is 70.3 cm³/mol. The van der Waals surface area contributed by atoms with Gasteiger partial charge in [0.15, 0.2) is 0 Å². The Morgan fingerprint density at radius 3 is 3.06 bits per heavy atom. The van der Waals surface area contributed by atoms with Crippen LogP contribution in [0.1, 0.15) is 24.3 Å². The SMILES string of the molecule is CCn1nccc1C(O)c1cccc2[nH]ccc12. The highest BCUT2D eigenvalue weighted by atomic mass is 16.3. The van der Waals surface area contributed by atoms with Gasteiger partial charge in [-0.3, -0.25) is 4.68 Å². The molecule has 2 heterocycles. The number of nitrogens with zero attached hydrogens (tertiary/aromatic N) is 2. The number of aliphatic hydroxyl groups is 1. The summed E-state index contributed by atoms with van der Waals surface area (Å²) < 4.78 is 1.82. The number of benzene rings is 1. The molecule has 3 rings (SSSR count). The lowest BCUT2D eigenvalue weighted by Crippen LogP contribution is -2.09. The number of hydrogen-bond donors (Lipinski definition) is 2. The highest BCUT2D eigenvalue weighted by Gasteiger charge is 2.17. The van der Waals surface area contributed by atoms with Gasteiger partial charge in [0, 0.05) is 29.8 Å². The Labute approximate surface area is 105 Å². The van der Waals surface area contributed by atoms with E-state index in [2.05, 4.69) is 10.1 Å². The summed E-state index contributed by atoms with van der Waals surface area (Å²) in [5, 5.41) is 15.8. The standard InChI is InChI=1S/C14H15N3O/c1-2-17-13(7-9-16-17)14(18)11-4-3-5-12-10(11)6-8-15-12/h3-9,14-15,18H,2H2,1H3.